The molecule has 1 unspecified atom stereocenters. The number of anilines is 1. The van der Waals surface area contributed by atoms with Gasteiger partial charge in [0.15, 0.2) is 12.0 Å². The fourth-order valence-electron chi connectivity index (χ4n) is 3.38. The monoisotopic (exact) mass is 334 g/mol. The molecule has 8 nitrogen and oxygen atoms in total. The van der Waals surface area contributed by atoms with E-state index in [1.165, 1.54) is 0 Å². The van der Waals surface area contributed by atoms with Gasteiger partial charge in [0.05, 0.1) is 23.8 Å². The van der Waals surface area contributed by atoms with Crippen LogP contribution < -0.4 is 10.1 Å². The predicted molar refractivity (Wildman–Crippen MR) is 94.2 cm³/mol. The first-order valence-corrected chi connectivity index (χ1v) is 8.20. The van der Waals surface area contributed by atoms with Gasteiger partial charge in [-0.1, -0.05) is 39.0 Å². The van der Waals surface area contributed by atoms with Gasteiger partial charge in [0, 0.05) is 11.0 Å². The maximum Gasteiger partial charge on any atom is 0.173 e. The maximum absolute atomic E-state index is 4.74. The van der Waals surface area contributed by atoms with Crippen LogP contribution in [0.25, 0.3) is 5.69 Å². The number of para-hydroxylation sites is 1. The zero-order chi connectivity index (χ0) is 17.2. The first kappa shape index (κ1) is 14.2. The molecule has 25 heavy (non-hydrogen) atoms. The quantitative estimate of drug-likeness (QED) is 0.682. The van der Waals surface area contributed by atoms with Crippen molar-refractivity contribution in [3.63, 3.8) is 0 Å². The molecule has 5 rings (SSSR count). The van der Waals surface area contributed by atoms with Crippen molar-refractivity contribution in [2.75, 3.05) is 10.1 Å². The highest BCUT2D eigenvalue weighted by Crippen LogP contribution is 2.41. The molecule has 2 aromatic heterocycles. The summed E-state index contributed by atoms with van der Waals surface area (Å²) in [5.41, 5.74) is 3.14. The lowest BCUT2D eigenvalue weighted by molar-refractivity contribution is 0.471. The van der Waals surface area contributed by atoms with Crippen LogP contribution in [0.4, 0.5) is 5.82 Å². The third-order valence-electron chi connectivity index (χ3n) is 4.59. The number of imidazole rings is 1. The summed E-state index contributed by atoms with van der Waals surface area (Å²) < 4.78 is 2.07. The third kappa shape index (κ3) is 1.87. The molecule has 4 heterocycles. The Hall–Kier alpha value is -3.16. The lowest BCUT2D eigenvalue weighted by atomic mass is 9.93. The van der Waals surface area contributed by atoms with Crippen LogP contribution in [0.5, 0.6) is 0 Å². The Morgan fingerprint density at radius 2 is 1.92 bits per heavy atom. The summed E-state index contributed by atoms with van der Waals surface area (Å²) in [6.45, 7) is 6.42. The fourth-order valence-corrected chi connectivity index (χ4v) is 3.38. The number of aromatic nitrogens is 5. The van der Waals surface area contributed by atoms with E-state index in [4.69, 9.17) is 4.99 Å². The highest BCUT2D eigenvalue weighted by molar-refractivity contribution is 5.78. The number of aliphatic imine (C=N–C) groups is 1. The molecule has 0 amide bonds. The predicted octanol–water partition coefficient (Wildman–Crippen LogP) is 2.17. The Bertz CT molecular complexity index is 976. The molecule has 0 fully saturated rings. The second-order valence-electron chi connectivity index (χ2n) is 7.24. The molecule has 0 bridgehead atoms. The van der Waals surface area contributed by atoms with E-state index in [2.05, 4.69) is 57.8 Å². The summed E-state index contributed by atoms with van der Waals surface area (Å²) >= 11 is 0. The fraction of sp³-hybridized carbons (Fsp3) is 0.294. The van der Waals surface area contributed by atoms with Gasteiger partial charge in [0.2, 0.25) is 0 Å². The molecule has 1 atom stereocenters. The van der Waals surface area contributed by atoms with Crippen molar-refractivity contribution in [3.8, 4) is 5.69 Å². The number of rotatable bonds is 1. The van der Waals surface area contributed by atoms with Crippen LogP contribution in [0.15, 0.2) is 48.0 Å². The van der Waals surface area contributed by atoms with Crippen LogP contribution in [0, 0.1) is 0 Å². The van der Waals surface area contributed by atoms with Crippen LogP contribution in [0.1, 0.15) is 38.2 Å². The summed E-state index contributed by atoms with van der Waals surface area (Å²) in [6, 6.07) is 8.26. The van der Waals surface area contributed by atoms with Gasteiger partial charge in [0.1, 0.15) is 12.7 Å². The first-order chi connectivity index (χ1) is 12.1. The molecule has 0 saturated heterocycles. The maximum atomic E-state index is 4.74. The number of nitrogens with zero attached hydrogens (tertiary/aromatic N) is 8. The van der Waals surface area contributed by atoms with Crippen molar-refractivity contribution in [2.45, 2.75) is 32.4 Å². The molecule has 0 aliphatic carbocycles. The van der Waals surface area contributed by atoms with Gasteiger partial charge >= 0.3 is 0 Å². The van der Waals surface area contributed by atoms with Crippen LogP contribution in [0.3, 0.4) is 0 Å². The molecular weight excluding hydrogens is 316 g/mol. The van der Waals surface area contributed by atoms with Gasteiger partial charge in [-0.25, -0.2) is 15.0 Å². The van der Waals surface area contributed by atoms with E-state index in [1.807, 2.05) is 29.8 Å². The average Bonchev–Trinajstić information content (AvgIpc) is 3.31. The topological polar surface area (TPSA) is 67.4 Å². The zero-order valence-electron chi connectivity index (χ0n) is 14.3. The highest BCUT2D eigenvalue weighted by Gasteiger charge is 2.40. The second-order valence-corrected chi connectivity index (χ2v) is 7.24. The van der Waals surface area contributed by atoms with Crippen LogP contribution >= 0.6 is 0 Å². The molecule has 0 N–H and O–H groups in total. The Labute approximate surface area is 145 Å². The number of benzene rings is 1. The summed E-state index contributed by atoms with van der Waals surface area (Å²) in [6.07, 6.45) is 7.13. The number of fused-ring (bicyclic) bond motifs is 6. The smallest absolute Gasteiger partial charge is 0.173 e. The first-order valence-electron chi connectivity index (χ1n) is 8.20. The molecule has 3 aromatic rings. The van der Waals surface area contributed by atoms with Crippen molar-refractivity contribution >= 4 is 12.2 Å². The average molecular weight is 334 g/mol. The molecular formula is C17H18N8. The van der Waals surface area contributed by atoms with Crippen LogP contribution in [0.2, 0.25) is 0 Å². The summed E-state index contributed by atoms with van der Waals surface area (Å²) in [4.78, 5) is 10.9. The summed E-state index contributed by atoms with van der Waals surface area (Å²) in [7, 11) is 0. The molecule has 0 radical (unpaired) electrons. The SMILES string of the molecule is CC(C)(C)c1cnnn1N1C=NC2c3ccccc3-n3cncc3N21. The van der Waals surface area contributed by atoms with E-state index in [9.17, 15) is 0 Å². The summed E-state index contributed by atoms with van der Waals surface area (Å²) in [5, 5.41) is 12.4. The Balaban J connectivity index is 1.68. The zero-order valence-corrected chi connectivity index (χ0v) is 14.3. The molecule has 0 saturated carbocycles. The Morgan fingerprint density at radius 1 is 1.08 bits per heavy atom. The summed E-state index contributed by atoms with van der Waals surface area (Å²) in [5.74, 6) is 0.941. The largest absolute Gasteiger partial charge is 0.284 e. The van der Waals surface area contributed by atoms with E-state index in [0.717, 1.165) is 22.8 Å². The van der Waals surface area contributed by atoms with Crippen molar-refractivity contribution < 1.29 is 0 Å². The van der Waals surface area contributed by atoms with E-state index in [-0.39, 0.29) is 11.6 Å². The van der Waals surface area contributed by atoms with Crippen LogP contribution in [-0.4, -0.2) is 31.0 Å². The van der Waals surface area contributed by atoms with Crippen molar-refractivity contribution in [1.82, 2.24) is 24.7 Å². The van der Waals surface area contributed by atoms with Gasteiger partial charge in [-0.3, -0.25) is 4.57 Å². The van der Waals surface area contributed by atoms with Gasteiger partial charge in [-0.05, 0) is 11.3 Å². The molecule has 2 aliphatic rings. The van der Waals surface area contributed by atoms with E-state index < -0.39 is 0 Å². The molecule has 1 aromatic carbocycles. The number of hydrogen-bond acceptors (Lipinski definition) is 6. The van der Waals surface area contributed by atoms with Gasteiger partial charge in [-0.2, -0.15) is 5.12 Å². The third-order valence-corrected chi connectivity index (χ3v) is 4.59. The van der Waals surface area contributed by atoms with Gasteiger partial charge < -0.3 is 0 Å². The normalized spacial score (nSPS) is 18.3. The number of hydrogen-bond donors (Lipinski definition) is 0. The van der Waals surface area contributed by atoms with Gasteiger partial charge in [0.25, 0.3) is 0 Å². The van der Waals surface area contributed by atoms with Crippen molar-refractivity contribution in [2.24, 2.45) is 4.99 Å². The number of hydrazine groups is 1. The molecule has 0 spiro atoms. The lowest BCUT2D eigenvalue weighted by Gasteiger charge is -2.38. The lowest BCUT2D eigenvalue weighted by Crippen LogP contribution is -2.50. The van der Waals surface area contributed by atoms with Crippen molar-refractivity contribution in [3.05, 3.63) is 54.2 Å². The molecule has 2 aliphatic heterocycles. The molecule has 126 valence electrons. The van der Waals surface area contributed by atoms with E-state index in [1.54, 1.807) is 17.3 Å². The van der Waals surface area contributed by atoms with E-state index >= 15 is 0 Å². The standard InChI is InChI=1S/C17H18N8/c1-17(2,3)14-8-20-21-25(14)23-11-19-16-12-6-4-5-7-13(12)22-10-18-9-15(22)24(16)23/h4-11,16H,1-3H3. The van der Waals surface area contributed by atoms with Crippen molar-refractivity contribution in [1.29, 1.82) is 0 Å². The minimum absolute atomic E-state index is 0.0939. The minimum Gasteiger partial charge on any atom is -0.284 e. The van der Waals surface area contributed by atoms with Gasteiger partial charge in [-0.15, -0.1) is 9.89 Å². The Kier molecular flexibility index (Phi) is 2.66. The van der Waals surface area contributed by atoms with E-state index in [0.29, 0.717) is 0 Å². The molecule has 8 heteroatoms. The minimum atomic E-state index is -0.141. The Morgan fingerprint density at radius 3 is 2.76 bits per heavy atom. The highest BCUT2D eigenvalue weighted by atomic mass is 15.9. The second kappa shape index (κ2) is 4.69. The van der Waals surface area contributed by atoms with Crippen LogP contribution in [-0.2, 0) is 5.41 Å².